The number of halogens is 1. The summed E-state index contributed by atoms with van der Waals surface area (Å²) < 4.78 is 0. The summed E-state index contributed by atoms with van der Waals surface area (Å²) in [7, 11) is 0. The summed E-state index contributed by atoms with van der Waals surface area (Å²) in [5.41, 5.74) is 5.59. The second-order valence-electron chi connectivity index (χ2n) is 4.26. The molecule has 0 bridgehead atoms. The zero-order valence-electron chi connectivity index (χ0n) is 9.64. The number of hydrogen-bond acceptors (Lipinski definition) is 5. The molecular formula is C11H17ClN4O. The van der Waals surface area contributed by atoms with E-state index in [0.717, 1.165) is 12.8 Å². The zero-order chi connectivity index (χ0) is 12.3. The van der Waals surface area contributed by atoms with Crippen molar-refractivity contribution in [3.8, 4) is 0 Å². The molecule has 0 aliphatic heterocycles. The largest absolute Gasteiger partial charge is 0.395 e. The standard InChI is InChI=1S/C11H17ClN4O/c12-9-7-14-11(13)15-10(9)16(5-6-17)8-3-1-2-4-8/h7-8,17H,1-6H2,(H2,13,14,15). The Kier molecular flexibility index (Phi) is 4.02. The van der Waals surface area contributed by atoms with E-state index in [1.165, 1.54) is 19.0 Å². The first-order valence-electron chi connectivity index (χ1n) is 5.88. The van der Waals surface area contributed by atoms with Crippen LogP contribution in [0.25, 0.3) is 0 Å². The molecular weight excluding hydrogens is 240 g/mol. The molecule has 5 nitrogen and oxygen atoms in total. The topological polar surface area (TPSA) is 75.3 Å². The SMILES string of the molecule is Nc1ncc(Cl)c(N(CCO)C2CCCC2)n1. The van der Waals surface area contributed by atoms with Crippen LogP contribution in [0.3, 0.4) is 0 Å². The summed E-state index contributed by atoms with van der Waals surface area (Å²) in [6.07, 6.45) is 6.16. The number of nitrogen functional groups attached to an aromatic ring is 1. The van der Waals surface area contributed by atoms with Crippen molar-refractivity contribution in [2.24, 2.45) is 0 Å². The third-order valence-corrected chi connectivity index (χ3v) is 3.39. The molecule has 3 N–H and O–H groups in total. The first-order chi connectivity index (χ1) is 8.22. The van der Waals surface area contributed by atoms with Gasteiger partial charge in [0.05, 0.1) is 12.8 Å². The van der Waals surface area contributed by atoms with E-state index in [4.69, 9.17) is 22.4 Å². The fourth-order valence-corrected chi connectivity index (χ4v) is 2.56. The Morgan fingerprint density at radius 1 is 1.47 bits per heavy atom. The number of nitrogens with zero attached hydrogens (tertiary/aromatic N) is 3. The van der Waals surface area contributed by atoms with Crippen LogP contribution in [0, 0.1) is 0 Å². The molecule has 0 amide bonds. The molecule has 1 heterocycles. The van der Waals surface area contributed by atoms with E-state index in [2.05, 4.69) is 9.97 Å². The molecule has 1 aliphatic carbocycles. The van der Waals surface area contributed by atoms with Gasteiger partial charge in [0.15, 0.2) is 5.82 Å². The molecule has 0 atom stereocenters. The Balaban J connectivity index is 2.27. The highest BCUT2D eigenvalue weighted by Gasteiger charge is 2.25. The minimum absolute atomic E-state index is 0.0801. The average molecular weight is 257 g/mol. The van der Waals surface area contributed by atoms with Gasteiger partial charge in [-0.05, 0) is 12.8 Å². The third kappa shape index (κ3) is 2.79. The van der Waals surface area contributed by atoms with Crippen LogP contribution in [0.4, 0.5) is 11.8 Å². The molecule has 0 saturated heterocycles. The number of aromatic nitrogens is 2. The van der Waals surface area contributed by atoms with Crippen LogP contribution in [-0.2, 0) is 0 Å². The van der Waals surface area contributed by atoms with Crippen LogP contribution in [0.2, 0.25) is 5.02 Å². The van der Waals surface area contributed by atoms with Gasteiger partial charge >= 0.3 is 0 Å². The van der Waals surface area contributed by atoms with Crippen LogP contribution in [0.5, 0.6) is 0 Å². The lowest BCUT2D eigenvalue weighted by Gasteiger charge is -2.30. The minimum Gasteiger partial charge on any atom is -0.395 e. The number of aliphatic hydroxyl groups is 1. The van der Waals surface area contributed by atoms with Crippen molar-refractivity contribution >= 4 is 23.4 Å². The second-order valence-corrected chi connectivity index (χ2v) is 4.66. The predicted octanol–water partition coefficient (Wildman–Crippen LogP) is 1.45. The van der Waals surface area contributed by atoms with Gasteiger partial charge in [0.2, 0.25) is 5.95 Å². The molecule has 0 unspecified atom stereocenters. The highest BCUT2D eigenvalue weighted by molar-refractivity contribution is 6.32. The minimum atomic E-state index is 0.0801. The van der Waals surface area contributed by atoms with Crippen molar-refractivity contribution in [1.29, 1.82) is 0 Å². The van der Waals surface area contributed by atoms with Crippen LogP contribution < -0.4 is 10.6 Å². The Morgan fingerprint density at radius 2 is 2.18 bits per heavy atom. The molecule has 1 aliphatic rings. The lowest BCUT2D eigenvalue weighted by atomic mass is 10.2. The van der Waals surface area contributed by atoms with Crippen molar-refractivity contribution in [1.82, 2.24) is 9.97 Å². The van der Waals surface area contributed by atoms with Gasteiger partial charge < -0.3 is 15.7 Å². The first-order valence-corrected chi connectivity index (χ1v) is 6.25. The van der Waals surface area contributed by atoms with Gasteiger partial charge in [0.1, 0.15) is 5.02 Å². The summed E-state index contributed by atoms with van der Waals surface area (Å²) in [6.45, 7) is 0.609. The fraction of sp³-hybridized carbons (Fsp3) is 0.636. The number of rotatable bonds is 4. The van der Waals surface area contributed by atoms with E-state index in [9.17, 15) is 0 Å². The molecule has 1 aromatic rings. The molecule has 1 aromatic heterocycles. The van der Waals surface area contributed by atoms with E-state index in [1.54, 1.807) is 0 Å². The molecule has 1 fully saturated rings. The van der Waals surface area contributed by atoms with Gasteiger partial charge in [0.25, 0.3) is 0 Å². The molecule has 0 radical (unpaired) electrons. The molecule has 6 heteroatoms. The van der Waals surface area contributed by atoms with Crippen LogP contribution in [-0.4, -0.2) is 34.3 Å². The summed E-state index contributed by atoms with van der Waals surface area (Å²) in [4.78, 5) is 10.1. The summed E-state index contributed by atoms with van der Waals surface area (Å²) in [5.74, 6) is 0.852. The molecule has 2 rings (SSSR count). The molecule has 1 saturated carbocycles. The van der Waals surface area contributed by atoms with Crippen molar-refractivity contribution < 1.29 is 5.11 Å². The lowest BCUT2D eigenvalue weighted by molar-refractivity contribution is 0.297. The van der Waals surface area contributed by atoms with Crippen LogP contribution in [0.1, 0.15) is 25.7 Å². The van der Waals surface area contributed by atoms with Gasteiger partial charge in [-0.3, -0.25) is 0 Å². The number of nitrogens with two attached hydrogens (primary N) is 1. The molecule has 17 heavy (non-hydrogen) atoms. The zero-order valence-corrected chi connectivity index (χ0v) is 10.4. The fourth-order valence-electron chi connectivity index (χ4n) is 2.36. The molecule has 0 aromatic carbocycles. The maximum absolute atomic E-state index is 9.16. The smallest absolute Gasteiger partial charge is 0.222 e. The van der Waals surface area contributed by atoms with Crippen LogP contribution >= 0.6 is 11.6 Å². The van der Waals surface area contributed by atoms with Crippen molar-refractivity contribution in [3.63, 3.8) is 0 Å². The third-order valence-electron chi connectivity index (χ3n) is 3.12. The Morgan fingerprint density at radius 3 is 2.82 bits per heavy atom. The maximum Gasteiger partial charge on any atom is 0.222 e. The molecule has 94 valence electrons. The number of aliphatic hydroxyl groups excluding tert-OH is 1. The number of anilines is 2. The highest BCUT2D eigenvalue weighted by Crippen LogP contribution is 2.31. The van der Waals surface area contributed by atoms with Crippen LogP contribution in [0.15, 0.2) is 6.20 Å². The van der Waals surface area contributed by atoms with Crippen molar-refractivity contribution in [2.75, 3.05) is 23.8 Å². The summed E-state index contributed by atoms with van der Waals surface area (Å²) >= 11 is 6.10. The van der Waals surface area contributed by atoms with Gasteiger partial charge in [-0.25, -0.2) is 4.98 Å². The van der Waals surface area contributed by atoms with E-state index in [1.807, 2.05) is 4.90 Å². The maximum atomic E-state index is 9.16. The highest BCUT2D eigenvalue weighted by atomic mass is 35.5. The summed E-state index contributed by atoms with van der Waals surface area (Å²) in [5, 5.41) is 9.64. The predicted molar refractivity (Wildman–Crippen MR) is 68.1 cm³/mol. The van der Waals surface area contributed by atoms with Gasteiger partial charge in [-0.15, -0.1) is 0 Å². The van der Waals surface area contributed by atoms with Crippen molar-refractivity contribution in [3.05, 3.63) is 11.2 Å². The number of hydrogen-bond donors (Lipinski definition) is 2. The first kappa shape index (κ1) is 12.4. The van der Waals surface area contributed by atoms with E-state index in [-0.39, 0.29) is 12.6 Å². The normalized spacial score (nSPS) is 16.4. The van der Waals surface area contributed by atoms with E-state index < -0.39 is 0 Å². The quantitative estimate of drug-likeness (QED) is 0.853. The van der Waals surface area contributed by atoms with E-state index in [0.29, 0.717) is 23.4 Å². The Bertz CT molecular complexity index is 382. The summed E-state index contributed by atoms with van der Waals surface area (Å²) in [6, 6.07) is 0.397. The Hall–Kier alpha value is -1.07. The molecule has 0 spiro atoms. The Labute approximate surface area is 106 Å². The monoisotopic (exact) mass is 256 g/mol. The van der Waals surface area contributed by atoms with Gasteiger partial charge in [0, 0.05) is 12.6 Å². The van der Waals surface area contributed by atoms with Gasteiger partial charge in [-0.1, -0.05) is 24.4 Å². The average Bonchev–Trinajstić information content (AvgIpc) is 2.83. The lowest BCUT2D eigenvalue weighted by Crippen LogP contribution is -2.36. The van der Waals surface area contributed by atoms with Gasteiger partial charge in [-0.2, -0.15) is 4.98 Å². The second kappa shape index (κ2) is 5.51. The van der Waals surface area contributed by atoms with E-state index >= 15 is 0 Å². The van der Waals surface area contributed by atoms with Crippen molar-refractivity contribution in [2.45, 2.75) is 31.7 Å².